The molecule has 0 saturated heterocycles. The number of rotatable bonds is 1. The third-order valence-corrected chi connectivity index (χ3v) is 3.60. The van der Waals surface area contributed by atoms with E-state index in [2.05, 4.69) is 19.5 Å². The van der Waals surface area contributed by atoms with Crippen LogP contribution in [-0.2, 0) is 10.0 Å². The van der Waals surface area contributed by atoms with Crippen molar-refractivity contribution in [1.29, 1.82) is 0 Å². The number of hydrogen-bond donors (Lipinski definition) is 0. The zero-order chi connectivity index (χ0) is 9.19. The zero-order valence-electron chi connectivity index (χ0n) is 6.36. The van der Waals surface area contributed by atoms with Gasteiger partial charge in [0.2, 0.25) is 0 Å². The minimum atomic E-state index is -3.47. The summed E-state index contributed by atoms with van der Waals surface area (Å²) in [7, 11) is -3.47. The van der Waals surface area contributed by atoms with Gasteiger partial charge in [-0.15, -0.1) is 0 Å². The van der Waals surface area contributed by atoms with E-state index >= 15 is 0 Å². The third-order valence-electron chi connectivity index (χ3n) is 1.41. The summed E-state index contributed by atoms with van der Waals surface area (Å²) >= 11 is 2.56. The van der Waals surface area contributed by atoms with Crippen molar-refractivity contribution < 1.29 is 8.76 Å². The Bertz CT molecular complexity index is 379. The van der Waals surface area contributed by atoms with Crippen LogP contribution in [-0.4, -0.2) is 8.76 Å². The lowest BCUT2D eigenvalue weighted by Gasteiger charge is -2.11. The molecule has 1 aromatic carbocycles. The molecule has 66 valence electrons. The summed E-state index contributed by atoms with van der Waals surface area (Å²) < 4.78 is 25.3. The fourth-order valence-corrected chi connectivity index (χ4v) is 1.81. The Hall–Kier alpha value is -0.390. The second-order valence-electron chi connectivity index (χ2n) is 2.36. The lowest BCUT2D eigenvalue weighted by molar-refractivity contribution is 0.526. The van der Waals surface area contributed by atoms with Crippen molar-refractivity contribution >= 4 is 26.2 Å². The van der Waals surface area contributed by atoms with Crippen LogP contribution in [0.3, 0.4) is 0 Å². The molecule has 12 heavy (non-hydrogen) atoms. The summed E-state index contributed by atoms with van der Waals surface area (Å²) in [5.41, 5.74) is 1.02. The smallest absolute Gasteiger partial charge is 0.0840 e. The maximum absolute atomic E-state index is 11.1. The summed E-state index contributed by atoms with van der Waals surface area (Å²) in [6.45, 7) is 1.89. The van der Waals surface area contributed by atoms with Gasteiger partial charge in [0.05, 0.1) is 16.1 Å². The van der Waals surface area contributed by atoms with Gasteiger partial charge in [-0.2, -0.15) is 3.39 Å². The normalized spacial score (nSPS) is 15.2. The molecule has 1 aromatic rings. The fourth-order valence-electron chi connectivity index (χ4n) is 0.750. The number of aryl methyl sites for hydroxylation is 1. The number of nitrogens with zero attached hydrogens (tertiary/aromatic N) is 1. The molecule has 0 saturated carbocycles. The van der Waals surface area contributed by atoms with Gasteiger partial charge >= 0.3 is 0 Å². The van der Waals surface area contributed by atoms with Crippen LogP contribution in [0.5, 0.6) is 0 Å². The average molecular weight is 249 g/mol. The van der Waals surface area contributed by atoms with Crippen molar-refractivity contribution in [3.05, 3.63) is 29.8 Å². The van der Waals surface area contributed by atoms with Gasteiger partial charge in [-0.25, -0.2) is 0 Å². The first-order chi connectivity index (χ1) is 5.56. The largest absolute Gasteiger partial charge is 0.760 e. The molecule has 0 aliphatic rings. The van der Waals surface area contributed by atoms with Crippen molar-refractivity contribution in [2.24, 2.45) is 3.39 Å². The van der Waals surface area contributed by atoms with Crippen LogP contribution >= 0.6 is 16.1 Å². The average Bonchev–Trinajstić information content (AvgIpc) is 2.05. The van der Waals surface area contributed by atoms with E-state index in [1.165, 1.54) is 12.1 Å². The molecular formula is C7H7BrNO2S-. The Morgan fingerprint density at radius 2 is 1.92 bits per heavy atom. The maximum Gasteiger partial charge on any atom is 0.0840 e. The highest BCUT2D eigenvalue weighted by Gasteiger charge is 1.96. The van der Waals surface area contributed by atoms with Crippen molar-refractivity contribution in [2.45, 2.75) is 11.8 Å². The highest BCUT2D eigenvalue weighted by Crippen LogP contribution is 2.13. The molecule has 0 spiro atoms. The number of hydrogen-bond acceptors (Lipinski definition) is 3. The predicted octanol–water partition coefficient (Wildman–Crippen LogP) is 2.26. The fraction of sp³-hybridized carbons (Fsp3) is 0.143. The second kappa shape index (κ2) is 3.55. The zero-order valence-corrected chi connectivity index (χ0v) is 8.76. The maximum atomic E-state index is 11.1. The van der Waals surface area contributed by atoms with Crippen molar-refractivity contribution in [1.82, 2.24) is 0 Å². The lowest BCUT2D eigenvalue weighted by Crippen LogP contribution is -1.96. The van der Waals surface area contributed by atoms with Gasteiger partial charge in [0.25, 0.3) is 0 Å². The van der Waals surface area contributed by atoms with Crippen LogP contribution in [0.4, 0.5) is 0 Å². The molecule has 0 radical (unpaired) electrons. The summed E-state index contributed by atoms with van der Waals surface area (Å²) in [5.74, 6) is 0. The molecule has 0 heterocycles. The highest BCUT2D eigenvalue weighted by atomic mass is 79.9. The van der Waals surface area contributed by atoms with E-state index in [1.54, 1.807) is 12.1 Å². The first-order valence-electron chi connectivity index (χ1n) is 3.21. The SMILES string of the molecule is Cc1ccc(S(=O)([O-])=NBr)cc1. The van der Waals surface area contributed by atoms with Gasteiger partial charge in [-0.05, 0) is 19.1 Å². The Labute approximate surface area is 80.2 Å². The van der Waals surface area contributed by atoms with Crippen molar-refractivity contribution in [3.8, 4) is 0 Å². The molecule has 5 heteroatoms. The quantitative estimate of drug-likeness (QED) is 0.766. The van der Waals surface area contributed by atoms with E-state index < -0.39 is 10.0 Å². The van der Waals surface area contributed by atoms with E-state index in [0.717, 1.165) is 5.56 Å². The Morgan fingerprint density at radius 1 is 1.42 bits per heavy atom. The molecule has 0 aliphatic heterocycles. The van der Waals surface area contributed by atoms with Crippen LogP contribution < -0.4 is 0 Å². The molecule has 3 nitrogen and oxygen atoms in total. The molecule has 0 fully saturated rings. The van der Waals surface area contributed by atoms with Crippen molar-refractivity contribution in [3.63, 3.8) is 0 Å². The van der Waals surface area contributed by atoms with E-state index in [9.17, 15) is 8.76 Å². The number of halogens is 1. The summed E-state index contributed by atoms with van der Waals surface area (Å²) in [6.07, 6.45) is 0. The van der Waals surface area contributed by atoms with Crippen LogP contribution in [0.2, 0.25) is 0 Å². The van der Waals surface area contributed by atoms with Crippen LogP contribution in [0.25, 0.3) is 0 Å². The van der Waals surface area contributed by atoms with Gasteiger partial charge in [0.15, 0.2) is 0 Å². The minimum absolute atomic E-state index is 0.199. The van der Waals surface area contributed by atoms with E-state index in [0.29, 0.717) is 0 Å². The summed E-state index contributed by atoms with van der Waals surface area (Å²) in [4.78, 5) is 0.199. The van der Waals surface area contributed by atoms with Gasteiger partial charge in [-0.3, -0.25) is 4.21 Å². The molecule has 1 atom stereocenters. The highest BCUT2D eigenvalue weighted by molar-refractivity contribution is 9.09. The van der Waals surface area contributed by atoms with Gasteiger partial charge < -0.3 is 4.55 Å². The second-order valence-corrected chi connectivity index (χ2v) is 4.79. The van der Waals surface area contributed by atoms with Gasteiger partial charge in [0, 0.05) is 14.9 Å². The molecule has 0 bridgehead atoms. The molecular weight excluding hydrogens is 242 g/mol. The topological polar surface area (TPSA) is 52.5 Å². The summed E-state index contributed by atoms with van der Waals surface area (Å²) in [6, 6.07) is 6.50. The summed E-state index contributed by atoms with van der Waals surface area (Å²) in [5, 5.41) is 0. The Morgan fingerprint density at radius 3 is 2.33 bits per heavy atom. The van der Waals surface area contributed by atoms with E-state index in [-0.39, 0.29) is 4.90 Å². The molecule has 1 rings (SSSR count). The number of benzene rings is 1. The Kier molecular flexibility index (Phi) is 2.87. The molecule has 1 unspecified atom stereocenters. The lowest BCUT2D eigenvalue weighted by atomic mass is 10.2. The monoisotopic (exact) mass is 248 g/mol. The first kappa shape index (κ1) is 9.70. The van der Waals surface area contributed by atoms with Gasteiger partial charge in [0.1, 0.15) is 0 Å². The Balaban J connectivity index is 3.24. The van der Waals surface area contributed by atoms with Crippen LogP contribution in [0.1, 0.15) is 5.56 Å². The molecule has 0 N–H and O–H groups in total. The molecule has 0 aliphatic carbocycles. The standard InChI is InChI=1S/C7H8BrNO2S/c1-6-2-4-7(5-3-6)12(10,11)9-8/h2-5H,1H3,(H,9,10,11)/p-1. The molecule has 0 aromatic heterocycles. The van der Waals surface area contributed by atoms with Crippen molar-refractivity contribution in [2.75, 3.05) is 0 Å². The third kappa shape index (κ3) is 2.06. The molecule has 0 amide bonds. The first-order valence-corrected chi connectivity index (χ1v) is 5.36. The van der Waals surface area contributed by atoms with Gasteiger partial charge in [-0.1, -0.05) is 17.7 Å². The predicted molar refractivity (Wildman–Crippen MR) is 49.7 cm³/mol. The van der Waals surface area contributed by atoms with E-state index in [1.807, 2.05) is 6.92 Å². The van der Waals surface area contributed by atoms with E-state index in [4.69, 9.17) is 0 Å². The minimum Gasteiger partial charge on any atom is -0.760 e. The van der Waals surface area contributed by atoms with Crippen LogP contribution in [0.15, 0.2) is 32.5 Å². The van der Waals surface area contributed by atoms with Crippen LogP contribution in [0, 0.1) is 6.92 Å².